The van der Waals surface area contributed by atoms with Gasteiger partial charge in [0.05, 0.1) is 5.40 Å². The summed E-state index contributed by atoms with van der Waals surface area (Å²) >= 11 is 0. The summed E-state index contributed by atoms with van der Waals surface area (Å²) < 4.78 is 0. The molecule has 0 radical (unpaired) electrons. The van der Waals surface area contributed by atoms with Gasteiger partial charge < -0.3 is 0 Å². The van der Waals surface area contributed by atoms with Crippen LogP contribution in [0.25, 0.3) is 0 Å². The Morgan fingerprint density at radius 2 is 1.70 bits per heavy atom. The summed E-state index contributed by atoms with van der Waals surface area (Å²) in [5.74, 6) is 1.74. The lowest BCUT2D eigenvalue weighted by Crippen LogP contribution is -2.18. The maximum atomic E-state index is 8.91. The molecule has 0 bridgehead atoms. The zero-order valence-corrected chi connectivity index (χ0v) is 8.57. The number of rotatable bonds is 2. The smallest absolute Gasteiger partial charge is 0.0955 e. The molecule has 0 unspecified atom stereocenters. The molecule has 0 aromatic heterocycles. The van der Waals surface area contributed by atoms with Crippen molar-refractivity contribution in [3.05, 3.63) is 0 Å². The van der Waals surface area contributed by atoms with Crippen LogP contribution in [0, 0.1) is 16.6 Å². The summed E-state index contributed by atoms with van der Waals surface area (Å²) in [6, 6.07) is 0. The van der Waals surface area contributed by atoms with Crippen molar-refractivity contribution in [2.45, 2.75) is 13.8 Å². The van der Waals surface area contributed by atoms with E-state index in [-0.39, 0.29) is 0 Å². The quantitative estimate of drug-likeness (QED) is 0.486. The molecule has 0 N–H and O–H groups in total. The van der Waals surface area contributed by atoms with E-state index in [2.05, 4.69) is 38.0 Å². The van der Waals surface area contributed by atoms with E-state index in [0.717, 1.165) is 5.75 Å². The second-order valence-corrected chi connectivity index (χ2v) is 11.6. The number of nitrogens with zero attached hydrogens (tertiary/aromatic N) is 1. The van der Waals surface area contributed by atoms with Gasteiger partial charge in [-0.2, -0.15) is 5.26 Å². The van der Waals surface area contributed by atoms with E-state index >= 15 is 0 Å². The summed E-state index contributed by atoms with van der Waals surface area (Å²) in [5, 5.41) is 11.4. The van der Waals surface area contributed by atoms with Gasteiger partial charge in [-0.15, -0.1) is 0 Å². The molecule has 0 atom stereocenters. The molecule has 0 aromatic carbocycles. The summed E-state index contributed by atoms with van der Waals surface area (Å²) in [7, 11) is -1.89. The summed E-state index contributed by atoms with van der Waals surface area (Å²) in [6.07, 6.45) is 6.39. The first kappa shape index (κ1) is 9.84. The highest BCUT2D eigenvalue weighted by molar-refractivity contribution is 8.51. The van der Waals surface area contributed by atoms with Gasteiger partial charge in [-0.1, -0.05) is 13.8 Å². The van der Waals surface area contributed by atoms with Crippen molar-refractivity contribution < 1.29 is 0 Å². The summed E-state index contributed by atoms with van der Waals surface area (Å²) in [6.45, 7) is 4.35. The van der Waals surface area contributed by atoms with Gasteiger partial charge in [0.25, 0.3) is 0 Å². The molecule has 0 saturated heterocycles. The van der Waals surface area contributed by atoms with Gasteiger partial charge in [0.2, 0.25) is 0 Å². The van der Waals surface area contributed by atoms with Gasteiger partial charge in [-0.3, -0.25) is 0 Å². The Balaban J connectivity index is 4.28. The molecule has 0 aliphatic carbocycles. The monoisotopic (exact) mass is 161 g/mol. The number of hydrogen-bond acceptors (Lipinski definition) is 1. The number of nitriles is 1. The topological polar surface area (TPSA) is 23.8 Å². The maximum absolute atomic E-state index is 8.91. The number of hydrogen-bond donors (Lipinski definition) is 1. The minimum Gasteiger partial charge on any atom is -0.219 e. The van der Waals surface area contributed by atoms with Crippen LogP contribution in [0.4, 0.5) is 0 Å². The Hall–Kier alpha value is -0.160. The second-order valence-electron chi connectivity index (χ2n) is 4.80. The van der Waals surface area contributed by atoms with Gasteiger partial charge in [-0.05, 0) is 30.4 Å². The lowest BCUT2D eigenvalue weighted by Gasteiger charge is -2.44. The van der Waals surface area contributed by atoms with Crippen molar-refractivity contribution in [3.8, 4) is 5.40 Å². The minimum atomic E-state index is -1.89. The zero-order valence-electron chi connectivity index (χ0n) is 7.68. The van der Waals surface area contributed by atoms with Gasteiger partial charge in [0, 0.05) is 0 Å². The lowest BCUT2D eigenvalue weighted by atomic mass is 10.3. The van der Waals surface area contributed by atoms with E-state index in [1.54, 1.807) is 0 Å². The molecular formula is C8H19NS. The lowest BCUT2D eigenvalue weighted by molar-refractivity contribution is 0.745. The predicted octanol–water partition coefficient (Wildman–Crippen LogP) is 2.09. The van der Waals surface area contributed by atoms with Crippen molar-refractivity contribution in [2.75, 3.05) is 24.5 Å². The number of thiocyanates is 1. The van der Waals surface area contributed by atoms with Gasteiger partial charge in [0.1, 0.15) is 0 Å². The molecule has 2 heteroatoms. The average molecular weight is 161 g/mol. The molecule has 0 rings (SSSR count). The molecule has 0 aliphatic heterocycles. The number of thiol groups is 1. The van der Waals surface area contributed by atoms with E-state index in [1.807, 2.05) is 0 Å². The van der Waals surface area contributed by atoms with E-state index in [1.165, 1.54) is 0 Å². The highest BCUT2D eigenvalue weighted by atomic mass is 32.3. The Morgan fingerprint density at radius 3 is 1.80 bits per heavy atom. The third-order valence-corrected chi connectivity index (χ3v) is 4.12. The van der Waals surface area contributed by atoms with Crippen LogP contribution in [0.2, 0.25) is 0 Å². The summed E-state index contributed by atoms with van der Waals surface area (Å²) in [4.78, 5) is 0. The highest BCUT2D eigenvalue weighted by Crippen LogP contribution is 2.59. The summed E-state index contributed by atoms with van der Waals surface area (Å²) in [5.41, 5.74) is 0. The van der Waals surface area contributed by atoms with Crippen LogP contribution in [-0.2, 0) is 0 Å². The predicted molar refractivity (Wildman–Crippen MR) is 52.1 cm³/mol. The van der Waals surface area contributed by atoms with Crippen molar-refractivity contribution in [2.24, 2.45) is 5.92 Å². The molecule has 0 saturated carbocycles. The fourth-order valence-corrected chi connectivity index (χ4v) is 3.96. The molecule has 1 nitrogen and oxygen atoms in total. The second kappa shape index (κ2) is 2.47. The molecule has 0 amide bonds. The zero-order chi connectivity index (χ0) is 8.44. The standard InChI is InChI=1S/C8H19NS/c1-8(2)6-10(3,4,5)7-9/h8,10H,6H2,1-5H3. The average Bonchev–Trinajstić information content (AvgIpc) is 1.61. The Morgan fingerprint density at radius 1 is 1.30 bits per heavy atom. The van der Waals surface area contributed by atoms with Crippen LogP contribution in [-0.4, -0.2) is 24.5 Å². The van der Waals surface area contributed by atoms with Crippen LogP contribution in [0.15, 0.2) is 0 Å². The highest BCUT2D eigenvalue weighted by Gasteiger charge is 2.24. The molecular weight excluding hydrogens is 142 g/mol. The SMILES string of the molecule is CC(C)C[SH](C)(C)(C)C#N. The Bertz CT molecular complexity index is 156. The van der Waals surface area contributed by atoms with Gasteiger partial charge in [-0.25, -0.2) is 9.16 Å². The largest absolute Gasteiger partial charge is 0.219 e. The van der Waals surface area contributed by atoms with E-state index in [4.69, 9.17) is 5.26 Å². The van der Waals surface area contributed by atoms with E-state index in [9.17, 15) is 0 Å². The van der Waals surface area contributed by atoms with Crippen molar-refractivity contribution >= 4 is 9.16 Å². The third kappa shape index (κ3) is 3.79. The Kier molecular flexibility index (Phi) is 2.43. The fraction of sp³-hybridized carbons (Fsp3) is 0.875. The molecule has 0 aromatic rings. The van der Waals surface area contributed by atoms with Crippen LogP contribution < -0.4 is 0 Å². The molecule has 0 spiro atoms. The van der Waals surface area contributed by atoms with E-state index < -0.39 is 9.16 Å². The maximum Gasteiger partial charge on any atom is 0.0955 e. The first-order valence-corrected chi connectivity index (χ1v) is 7.43. The fourth-order valence-electron chi connectivity index (χ4n) is 1.32. The molecule has 0 aliphatic rings. The van der Waals surface area contributed by atoms with Crippen molar-refractivity contribution in [3.63, 3.8) is 0 Å². The molecule has 10 heavy (non-hydrogen) atoms. The Labute approximate surface area is 64.7 Å². The minimum absolute atomic E-state index is 0.650. The van der Waals surface area contributed by atoms with Crippen LogP contribution >= 0.6 is 9.16 Å². The first-order chi connectivity index (χ1) is 4.24. The third-order valence-electron chi connectivity index (χ3n) is 1.37. The van der Waals surface area contributed by atoms with Crippen molar-refractivity contribution in [1.29, 1.82) is 5.26 Å². The van der Waals surface area contributed by atoms with Crippen LogP contribution in [0.1, 0.15) is 13.8 Å². The first-order valence-electron chi connectivity index (χ1n) is 3.67. The molecule has 0 heterocycles. The van der Waals surface area contributed by atoms with Gasteiger partial charge in [0.15, 0.2) is 0 Å². The normalized spacial score (nSPS) is 15.9. The van der Waals surface area contributed by atoms with E-state index in [0.29, 0.717) is 5.92 Å². The van der Waals surface area contributed by atoms with Crippen LogP contribution in [0.5, 0.6) is 0 Å². The van der Waals surface area contributed by atoms with Crippen molar-refractivity contribution in [1.82, 2.24) is 0 Å². The van der Waals surface area contributed by atoms with Crippen LogP contribution in [0.3, 0.4) is 0 Å². The molecule has 62 valence electrons. The van der Waals surface area contributed by atoms with Gasteiger partial charge >= 0.3 is 0 Å². The molecule has 0 fully saturated rings.